The molecule has 3 N–H and O–H groups in total. The average molecular weight is 326 g/mol. The number of hydrogen-bond donors (Lipinski definition) is 2. The summed E-state index contributed by atoms with van der Waals surface area (Å²) in [5.41, 5.74) is 9.66. The van der Waals surface area contributed by atoms with Crippen LogP contribution < -0.4 is 11.1 Å². The highest BCUT2D eigenvalue weighted by Crippen LogP contribution is 2.27. The third-order valence-electron chi connectivity index (χ3n) is 4.67. The van der Waals surface area contributed by atoms with Crippen molar-refractivity contribution >= 4 is 5.91 Å². The molecule has 0 bridgehead atoms. The van der Waals surface area contributed by atoms with E-state index in [9.17, 15) is 4.79 Å². The molecule has 0 radical (unpaired) electrons. The molecule has 1 unspecified atom stereocenters. The number of carbonyl (C=O) groups is 1. The standard InChI is InChI=1S/C19H26N4O/c1-2-3-8-14(13-20)21-19(24)18-16-11-7-12-17(16)23(22-18)15-9-5-4-6-10-15/h4-6,9-10,14H,2-3,7-8,11-13,20H2,1H3,(H,21,24). The number of unbranched alkanes of at least 4 members (excludes halogenated alkanes) is 1. The quantitative estimate of drug-likeness (QED) is 0.821. The zero-order valence-corrected chi connectivity index (χ0v) is 14.3. The van der Waals surface area contributed by atoms with Crippen molar-refractivity contribution in [2.75, 3.05) is 6.54 Å². The van der Waals surface area contributed by atoms with Gasteiger partial charge in [-0.05, 0) is 37.8 Å². The predicted octanol–water partition coefficient (Wildman–Crippen LogP) is 2.61. The largest absolute Gasteiger partial charge is 0.347 e. The average Bonchev–Trinajstić information content (AvgIpc) is 3.21. The van der Waals surface area contributed by atoms with Crippen LogP contribution in [0, 0.1) is 0 Å². The van der Waals surface area contributed by atoms with Crippen LogP contribution in [0.25, 0.3) is 5.69 Å². The molecule has 0 saturated carbocycles. The molecule has 0 fully saturated rings. The lowest BCUT2D eigenvalue weighted by molar-refractivity contribution is 0.0929. The van der Waals surface area contributed by atoms with Crippen LogP contribution in [-0.4, -0.2) is 28.3 Å². The molecule has 1 aliphatic carbocycles. The third-order valence-corrected chi connectivity index (χ3v) is 4.67. The van der Waals surface area contributed by atoms with E-state index in [-0.39, 0.29) is 11.9 Å². The lowest BCUT2D eigenvalue weighted by Gasteiger charge is -2.15. The number of amides is 1. The second kappa shape index (κ2) is 7.62. The Morgan fingerprint density at radius 1 is 1.33 bits per heavy atom. The summed E-state index contributed by atoms with van der Waals surface area (Å²) in [5.74, 6) is -0.0885. The van der Waals surface area contributed by atoms with Crippen molar-refractivity contribution in [3.63, 3.8) is 0 Å². The van der Waals surface area contributed by atoms with Gasteiger partial charge in [-0.15, -0.1) is 0 Å². The van der Waals surface area contributed by atoms with E-state index in [0.29, 0.717) is 12.2 Å². The first-order valence-electron chi connectivity index (χ1n) is 8.91. The highest BCUT2D eigenvalue weighted by molar-refractivity contribution is 5.94. The number of benzene rings is 1. The van der Waals surface area contributed by atoms with E-state index >= 15 is 0 Å². The van der Waals surface area contributed by atoms with E-state index in [0.717, 1.165) is 49.8 Å². The van der Waals surface area contributed by atoms with Crippen molar-refractivity contribution in [1.29, 1.82) is 0 Å². The van der Waals surface area contributed by atoms with E-state index in [1.807, 2.05) is 35.0 Å². The second-order valence-electron chi connectivity index (χ2n) is 6.42. The maximum atomic E-state index is 12.7. The van der Waals surface area contributed by atoms with Crippen LogP contribution in [0.5, 0.6) is 0 Å². The highest BCUT2D eigenvalue weighted by atomic mass is 16.2. The molecular weight excluding hydrogens is 300 g/mol. The van der Waals surface area contributed by atoms with Gasteiger partial charge in [0.15, 0.2) is 5.69 Å². The summed E-state index contributed by atoms with van der Waals surface area (Å²) in [4.78, 5) is 12.7. The van der Waals surface area contributed by atoms with Gasteiger partial charge in [-0.2, -0.15) is 5.10 Å². The van der Waals surface area contributed by atoms with Gasteiger partial charge in [0.2, 0.25) is 0 Å². The molecule has 24 heavy (non-hydrogen) atoms. The number of nitrogens with two attached hydrogens (primary N) is 1. The monoisotopic (exact) mass is 326 g/mol. The normalized spacial score (nSPS) is 14.4. The molecule has 5 nitrogen and oxygen atoms in total. The minimum absolute atomic E-state index is 0.0244. The molecule has 1 aliphatic rings. The van der Waals surface area contributed by atoms with Crippen LogP contribution in [0.3, 0.4) is 0 Å². The Balaban J connectivity index is 1.85. The lowest BCUT2D eigenvalue weighted by atomic mass is 10.1. The van der Waals surface area contributed by atoms with E-state index in [2.05, 4.69) is 17.3 Å². The fraction of sp³-hybridized carbons (Fsp3) is 0.474. The number of fused-ring (bicyclic) bond motifs is 1. The maximum absolute atomic E-state index is 12.7. The van der Waals surface area contributed by atoms with E-state index in [4.69, 9.17) is 5.73 Å². The second-order valence-corrected chi connectivity index (χ2v) is 6.42. The van der Waals surface area contributed by atoms with Crippen LogP contribution in [0.4, 0.5) is 0 Å². The van der Waals surface area contributed by atoms with Gasteiger partial charge < -0.3 is 11.1 Å². The number of para-hydroxylation sites is 1. The van der Waals surface area contributed by atoms with E-state index in [1.165, 1.54) is 5.69 Å². The molecule has 1 heterocycles. The molecule has 1 atom stereocenters. The van der Waals surface area contributed by atoms with Crippen molar-refractivity contribution < 1.29 is 4.79 Å². The summed E-state index contributed by atoms with van der Waals surface area (Å²) in [6, 6.07) is 10.0. The Hall–Kier alpha value is -2.14. The number of carbonyl (C=O) groups excluding carboxylic acids is 1. The molecule has 3 rings (SSSR count). The number of nitrogens with zero attached hydrogens (tertiary/aromatic N) is 2. The topological polar surface area (TPSA) is 72.9 Å². The van der Waals surface area contributed by atoms with Gasteiger partial charge in [-0.3, -0.25) is 4.79 Å². The highest BCUT2D eigenvalue weighted by Gasteiger charge is 2.27. The molecular formula is C19H26N4O. The summed E-state index contributed by atoms with van der Waals surface area (Å²) in [5, 5.41) is 7.71. The van der Waals surface area contributed by atoms with Crippen LogP contribution in [0.2, 0.25) is 0 Å². The fourth-order valence-electron chi connectivity index (χ4n) is 3.36. The number of aromatic nitrogens is 2. The molecule has 128 valence electrons. The van der Waals surface area contributed by atoms with Crippen molar-refractivity contribution in [2.24, 2.45) is 5.73 Å². The number of rotatable bonds is 7. The van der Waals surface area contributed by atoms with E-state index < -0.39 is 0 Å². The van der Waals surface area contributed by atoms with Gasteiger partial charge >= 0.3 is 0 Å². The minimum atomic E-state index is -0.0885. The molecule has 0 spiro atoms. The SMILES string of the molecule is CCCCC(CN)NC(=O)c1nn(-c2ccccc2)c2c1CCC2. The first-order valence-corrected chi connectivity index (χ1v) is 8.91. The van der Waals surface area contributed by atoms with Gasteiger partial charge in [0.25, 0.3) is 5.91 Å². The van der Waals surface area contributed by atoms with Crippen LogP contribution in [-0.2, 0) is 12.8 Å². The number of hydrogen-bond acceptors (Lipinski definition) is 3. The predicted molar refractivity (Wildman–Crippen MR) is 95.4 cm³/mol. The Kier molecular flexibility index (Phi) is 5.30. The molecule has 0 aliphatic heterocycles. The third kappa shape index (κ3) is 3.36. The van der Waals surface area contributed by atoms with Gasteiger partial charge in [-0.25, -0.2) is 4.68 Å². The molecule has 1 aromatic carbocycles. The van der Waals surface area contributed by atoms with Gasteiger partial charge in [0, 0.05) is 23.8 Å². The van der Waals surface area contributed by atoms with Crippen molar-refractivity contribution in [3.8, 4) is 5.69 Å². The molecule has 0 saturated heterocycles. The van der Waals surface area contributed by atoms with Crippen LogP contribution in [0.15, 0.2) is 30.3 Å². The summed E-state index contributed by atoms with van der Waals surface area (Å²) in [7, 11) is 0. The maximum Gasteiger partial charge on any atom is 0.272 e. The zero-order chi connectivity index (χ0) is 16.9. The number of nitrogens with one attached hydrogen (secondary N) is 1. The molecule has 1 amide bonds. The zero-order valence-electron chi connectivity index (χ0n) is 14.3. The van der Waals surface area contributed by atoms with Crippen LogP contribution in [0.1, 0.15) is 54.4 Å². The van der Waals surface area contributed by atoms with Crippen molar-refractivity contribution in [3.05, 3.63) is 47.3 Å². The van der Waals surface area contributed by atoms with Gasteiger partial charge in [0.05, 0.1) is 5.69 Å². The Morgan fingerprint density at radius 3 is 2.83 bits per heavy atom. The fourth-order valence-corrected chi connectivity index (χ4v) is 3.36. The molecule has 1 aromatic heterocycles. The van der Waals surface area contributed by atoms with Gasteiger partial charge in [0.1, 0.15) is 0 Å². The Bertz CT molecular complexity index is 693. The summed E-state index contributed by atoms with van der Waals surface area (Å²) in [6.07, 6.45) is 6.06. The molecule has 2 aromatic rings. The smallest absolute Gasteiger partial charge is 0.272 e. The first-order chi connectivity index (χ1) is 11.7. The summed E-state index contributed by atoms with van der Waals surface area (Å²) >= 11 is 0. The lowest BCUT2D eigenvalue weighted by Crippen LogP contribution is -2.40. The first kappa shape index (κ1) is 16.7. The summed E-state index contributed by atoms with van der Waals surface area (Å²) in [6.45, 7) is 2.61. The minimum Gasteiger partial charge on any atom is -0.347 e. The van der Waals surface area contributed by atoms with Crippen LogP contribution >= 0.6 is 0 Å². The Labute approximate surface area is 143 Å². The summed E-state index contributed by atoms with van der Waals surface area (Å²) < 4.78 is 1.93. The van der Waals surface area contributed by atoms with Crippen molar-refractivity contribution in [2.45, 2.75) is 51.5 Å². The van der Waals surface area contributed by atoms with Gasteiger partial charge in [-0.1, -0.05) is 38.0 Å². The van der Waals surface area contributed by atoms with Crippen molar-refractivity contribution in [1.82, 2.24) is 15.1 Å². The molecule has 5 heteroatoms. The Morgan fingerprint density at radius 2 is 2.12 bits per heavy atom. The van der Waals surface area contributed by atoms with E-state index in [1.54, 1.807) is 0 Å².